The molecule has 0 saturated carbocycles. The highest BCUT2D eigenvalue weighted by Gasteiger charge is 2.09. The SMILES string of the molecule is Cc1ccc(C)c(OCc2nnc(SCc3cccc(OC(C)C)c3)o2)c1. The van der Waals surface area contributed by atoms with Crippen LogP contribution in [-0.4, -0.2) is 16.3 Å². The zero-order valence-electron chi connectivity index (χ0n) is 16.1. The second-order valence-electron chi connectivity index (χ2n) is 6.62. The van der Waals surface area contributed by atoms with Gasteiger partial charge in [-0.1, -0.05) is 36.0 Å². The van der Waals surface area contributed by atoms with E-state index >= 15 is 0 Å². The van der Waals surface area contributed by atoms with Crippen molar-refractivity contribution in [1.82, 2.24) is 10.2 Å². The summed E-state index contributed by atoms with van der Waals surface area (Å²) in [5, 5.41) is 8.69. The van der Waals surface area contributed by atoms with Gasteiger partial charge in [-0.2, -0.15) is 0 Å². The smallest absolute Gasteiger partial charge is 0.277 e. The number of thioether (sulfide) groups is 1. The predicted octanol–water partition coefficient (Wildman–Crippen LogP) is 5.34. The lowest BCUT2D eigenvalue weighted by Gasteiger charge is -2.10. The first-order valence-electron chi connectivity index (χ1n) is 8.90. The van der Waals surface area contributed by atoms with Gasteiger partial charge >= 0.3 is 0 Å². The van der Waals surface area contributed by atoms with Crippen molar-refractivity contribution in [2.45, 2.75) is 51.4 Å². The minimum Gasteiger partial charge on any atom is -0.491 e. The molecule has 6 heteroatoms. The summed E-state index contributed by atoms with van der Waals surface area (Å²) in [4.78, 5) is 0. The molecule has 0 amide bonds. The molecule has 2 aromatic carbocycles. The van der Waals surface area contributed by atoms with Gasteiger partial charge in [0.25, 0.3) is 11.1 Å². The second-order valence-corrected chi connectivity index (χ2v) is 7.55. The number of aryl methyl sites for hydroxylation is 2. The maximum Gasteiger partial charge on any atom is 0.277 e. The minimum absolute atomic E-state index is 0.156. The Hall–Kier alpha value is -2.47. The number of ether oxygens (including phenoxy) is 2. The summed E-state index contributed by atoms with van der Waals surface area (Å²) < 4.78 is 17.2. The molecule has 0 bridgehead atoms. The van der Waals surface area contributed by atoms with Crippen LogP contribution in [0, 0.1) is 13.8 Å². The minimum atomic E-state index is 0.156. The van der Waals surface area contributed by atoms with Crippen LogP contribution < -0.4 is 9.47 Å². The zero-order valence-corrected chi connectivity index (χ0v) is 16.9. The number of benzene rings is 2. The van der Waals surface area contributed by atoms with Gasteiger partial charge in [0.2, 0.25) is 0 Å². The highest BCUT2D eigenvalue weighted by molar-refractivity contribution is 7.98. The molecule has 0 unspecified atom stereocenters. The molecule has 3 rings (SSSR count). The molecule has 0 radical (unpaired) electrons. The number of nitrogens with zero attached hydrogens (tertiary/aromatic N) is 2. The third-order valence-corrected chi connectivity index (χ3v) is 4.67. The molecule has 142 valence electrons. The summed E-state index contributed by atoms with van der Waals surface area (Å²) in [6, 6.07) is 14.2. The maximum absolute atomic E-state index is 5.81. The van der Waals surface area contributed by atoms with E-state index in [1.54, 1.807) is 0 Å². The van der Waals surface area contributed by atoms with Crippen molar-refractivity contribution in [2.75, 3.05) is 0 Å². The van der Waals surface area contributed by atoms with Gasteiger partial charge in [0.15, 0.2) is 6.61 Å². The van der Waals surface area contributed by atoms with E-state index in [4.69, 9.17) is 13.9 Å². The molecule has 0 fully saturated rings. The summed E-state index contributed by atoms with van der Waals surface area (Å²) >= 11 is 1.50. The lowest BCUT2D eigenvalue weighted by molar-refractivity contribution is 0.242. The number of hydrogen-bond acceptors (Lipinski definition) is 6. The number of aromatic nitrogens is 2. The van der Waals surface area contributed by atoms with Crippen LogP contribution in [0.2, 0.25) is 0 Å². The van der Waals surface area contributed by atoms with Crippen molar-refractivity contribution in [1.29, 1.82) is 0 Å². The molecule has 0 aliphatic heterocycles. The van der Waals surface area contributed by atoms with Crippen molar-refractivity contribution in [3.63, 3.8) is 0 Å². The van der Waals surface area contributed by atoms with Gasteiger partial charge in [-0.25, -0.2) is 0 Å². The zero-order chi connectivity index (χ0) is 19.2. The molecule has 0 N–H and O–H groups in total. The van der Waals surface area contributed by atoms with Gasteiger partial charge in [0.05, 0.1) is 6.10 Å². The fourth-order valence-corrected chi connectivity index (χ4v) is 3.21. The first-order valence-corrected chi connectivity index (χ1v) is 9.89. The average molecular weight is 385 g/mol. The highest BCUT2D eigenvalue weighted by atomic mass is 32.2. The van der Waals surface area contributed by atoms with Crippen molar-refractivity contribution in [2.24, 2.45) is 0 Å². The molecule has 0 aliphatic rings. The first-order chi connectivity index (χ1) is 13.0. The van der Waals surface area contributed by atoms with E-state index in [0.717, 1.165) is 33.9 Å². The Morgan fingerprint density at radius 2 is 1.93 bits per heavy atom. The van der Waals surface area contributed by atoms with Crippen LogP contribution in [0.3, 0.4) is 0 Å². The average Bonchev–Trinajstić information content (AvgIpc) is 3.08. The quantitative estimate of drug-likeness (QED) is 0.488. The standard InChI is InChI=1S/C21H24N2O3S/c1-14(2)25-18-7-5-6-17(11-18)13-27-21-23-22-20(26-21)12-24-19-10-15(3)8-9-16(19)4/h5-11,14H,12-13H2,1-4H3. The summed E-state index contributed by atoms with van der Waals surface area (Å²) in [6.45, 7) is 8.34. The Balaban J connectivity index is 1.54. The third kappa shape index (κ3) is 5.76. The van der Waals surface area contributed by atoms with E-state index < -0.39 is 0 Å². The van der Waals surface area contributed by atoms with Crippen LogP contribution >= 0.6 is 11.8 Å². The fraction of sp³-hybridized carbons (Fsp3) is 0.333. The van der Waals surface area contributed by atoms with Gasteiger partial charge in [-0.3, -0.25) is 0 Å². The van der Waals surface area contributed by atoms with Crippen molar-refractivity contribution in [3.05, 3.63) is 65.0 Å². The van der Waals surface area contributed by atoms with Crippen molar-refractivity contribution < 1.29 is 13.9 Å². The highest BCUT2D eigenvalue weighted by Crippen LogP contribution is 2.25. The lowest BCUT2D eigenvalue weighted by Crippen LogP contribution is -2.05. The van der Waals surface area contributed by atoms with Crippen LogP contribution in [0.15, 0.2) is 52.1 Å². The van der Waals surface area contributed by atoms with Crippen LogP contribution in [0.4, 0.5) is 0 Å². The molecule has 0 spiro atoms. The molecule has 27 heavy (non-hydrogen) atoms. The molecule has 0 atom stereocenters. The Morgan fingerprint density at radius 1 is 1.07 bits per heavy atom. The van der Waals surface area contributed by atoms with Crippen LogP contribution in [0.1, 0.15) is 36.4 Å². The summed E-state index contributed by atoms with van der Waals surface area (Å²) in [6.07, 6.45) is 0.156. The largest absolute Gasteiger partial charge is 0.491 e. The molecule has 0 aliphatic carbocycles. The van der Waals surface area contributed by atoms with Crippen LogP contribution in [0.25, 0.3) is 0 Å². The van der Waals surface area contributed by atoms with Crippen LogP contribution in [0.5, 0.6) is 11.5 Å². The van der Waals surface area contributed by atoms with Crippen molar-refractivity contribution >= 4 is 11.8 Å². The van der Waals surface area contributed by atoms with E-state index in [9.17, 15) is 0 Å². The first kappa shape index (κ1) is 19.3. The van der Waals surface area contributed by atoms with Gasteiger partial charge in [0.1, 0.15) is 11.5 Å². The summed E-state index contributed by atoms with van der Waals surface area (Å²) in [5.41, 5.74) is 3.38. The van der Waals surface area contributed by atoms with Gasteiger partial charge in [0, 0.05) is 5.75 Å². The van der Waals surface area contributed by atoms with E-state index in [1.807, 2.05) is 58.0 Å². The lowest BCUT2D eigenvalue weighted by atomic mass is 10.1. The normalized spacial score (nSPS) is 11.0. The molecular weight excluding hydrogens is 360 g/mol. The van der Waals surface area contributed by atoms with E-state index in [2.05, 4.69) is 22.3 Å². The van der Waals surface area contributed by atoms with Crippen molar-refractivity contribution in [3.8, 4) is 11.5 Å². The predicted molar refractivity (Wildman–Crippen MR) is 106 cm³/mol. The van der Waals surface area contributed by atoms with Gasteiger partial charge in [-0.05, 0) is 62.6 Å². The Morgan fingerprint density at radius 3 is 2.74 bits per heavy atom. The monoisotopic (exact) mass is 384 g/mol. The van der Waals surface area contributed by atoms with E-state index in [0.29, 0.717) is 11.1 Å². The molecular formula is C21H24N2O3S. The summed E-state index contributed by atoms with van der Waals surface area (Å²) in [7, 11) is 0. The molecule has 1 aromatic heterocycles. The second kappa shape index (κ2) is 8.95. The third-order valence-electron chi connectivity index (χ3n) is 3.78. The number of hydrogen-bond donors (Lipinski definition) is 0. The van der Waals surface area contributed by atoms with E-state index in [1.165, 1.54) is 11.8 Å². The van der Waals surface area contributed by atoms with Gasteiger partial charge in [-0.15, -0.1) is 10.2 Å². The number of rotatable bonds is 8. The molecule has 5 nitrogen and oxygen atoms in total. The molecule has 1 heterocycles. The van der Waals surface area contributed by atoms with E-state index in [-0.39, 0.29) is 12.7 Å². The molecule has 0 saturated heterocycles. The van der Waals surface area contributed by atoms with Crippen LogP contribution in [-0.2, 0) is 12.4 Å². The maximum atomic E-state index is 5.81. The fourth-order valence-electron chi connectivity index (χ4n) is 2.48. The van der Waals surface area contributed by atoms with Gasteiger partial charge < -0.3 is 13.9 Å². The Bertz CT molecular complexity index is 893. The Labute approximate surface area is 164 Å². The molecule has 3 aromatic rings. The topological polar surface area (TPSA) is 57.4 Å². The Kier molecular flexibility index (Phi) is 6.40. The summed E-state index contributed by atoms with van der Waals surface area (Å²) in [5.74, 6) is 2.91.